The minimum atomic E-state index is -0.255. The highest BCUT2D eigenvalue weighted by Crippen LogP contribution is 2.20. The van der Waals surface area contributed by atoms with Gasteiger partial charge in [0.25, 0.3) is 11.5 Å². The number of nitrogens with one attached hydrogen (secondary N) is 1. The Morgan fingerprint density at radius 1 is 1.00 bits per heavy atom. The number of aryl methyl sites for hydroxylation is 1. The number of halogens is 3. The van der Waals surface area contributed by atoms with E-state index in [1.54, 1.807) is 21.6 Å². The van der Waals surface area contributed by atoms with Gasteiger partial charge in [0.05, 0.1) is 0 Å². The van der Waals surface area contributed by atoms with Crippen LogP contribution in [0.5, 0.6) is 0 Å². The first-order valence-electron chi connectivity index (χ1n) is 10.8. The summed E-state index contributed by atoms with van der Waals surface area (Å²) >= 11 is 0. The van der Waals surface area contributed by atoms with E-state index in [-0.39, 0.29) is 48.1 Å². The summed E-state index contributed by atoms with van der Waals surface area (Å²) in [5.41, 5.74) is 1.81. The normalized spacial score (nSPS) is 17.2. The van der Waals surface area contributed by atoms with E-state index in [2.05, 4.69) is 10.2 Å². The van der Waals surface area contributed by atoms with Crippen LogP contribution in [0.2, 0.25) is 0 Å². The molecule has 1 N–H and O–H groups in total. The largest absolute Gasteiger partial charge is 0.370 e. The molecule has 9 heteroatoms. The summed E-state index contributed by atoms with van der Waals surface area (Å²) in [7, 11) is 0. The van der Waals surface area contributed by atoms with Crippen molar-refractivity contribution in [1.82, 2.24) is 14.8 Å². The third-order valence-corrected chi connectivity index (χ3v) is 6.22. The highest BCUT2D eigenvalue weighted by molar-refractivity contribution is 5.95. The summed E-state index contributed by atoms with van der Waals surface area (Å²) < 4.78 is 15.0. The van der Waals surface area contributed by atoms with Crippen LogP contribution in [0.4, 0.5) is 10.1 Å². The zero-order chi connectivity index (χ0) is 21.1. The number of benzene rings is 1. The fourth-order valence-corrected chi connectivity index (χ4v) is 4.46. The van der Waals surface area contributed by atoms with Crippen molar-refractivity contribution in [3.63, 3.8) is 0 Å². The number of hydrogen-bond acceptors (Lipinski definition) is 4. The van der Waals surface area contributed by atoms with Crippen LogP contribution in [-0.4, -0.2) is 54.6 Å². The monoisotopic (exact) mass is 484 g/mol. The average molecular weight is 485 g/mol. The highest BCUT2D eigenvalue weighted by Gasteiger charge is 2.26. The van der Waals surface area contributed by atoms with Gasteiger partial charge in [-0.05, 0) is 75.2 Å². The molecule has 1 amide bonds. The van der Waals surface area contributed by atoms with Crippen LogP contribution in [0.25, 0.3) is 0 Å². The second kappa shape index (κ2) is 11.7. The van der Waals surface area contributed by atoms with Gasteiger partial charge in [-0.15, -0.1) is 24.8 Å². The van der Waals surface area contributed by atoms with Crippen LogP contribution in [-0.2, 0) is 0 Å². The van der Waals surface area contributed by atoms with E-state index in [1.807, 2.05) is 19.2 Å². The lowest BCUT2D eigenvalue weighted by molar-refractivity contribution is 0.0763. The molecule has 2 aromatic rings. The Morgan fingerprint density at radius 2 is 1.69 bits per heavy atom. The lowest BCUT2D eigenvalue weighted by atomic mass is 10.0. The number of amides is 1. The van der Waals surface area contributed by atoms with Crippen molar-refractivity contribution in [3.05, 3.63) is 63.8 Å². The Hall–Kier alpha value is -2.09. The predicted octanol–water partition coefficient (Wildman–Crippen LogP) is 3.42. The number of nitrogens with zero attached hydrogens (tertiary/aromatic N) is 3. The van der Waals surface area contributed by atoms with Gasteiger partial charge in [-0.1, -0.05) is 0 Å². The molecule has 2 fully saturated rings. The summed E-state index contributed by atoms with van der Waals surface area (Å²) in [5.74, 6) is -0.434. The maximum atomic E-state index is 13.3. The van der Waals surface area contributed by atoms with Crippen molar-refractivity contribution in [3.8, 4) is 0 Å². The Balaban J connectivity index is 0.00000181. The van der Waals surface area contributed by atoms with Gasteiger partial charge in [0.15, 0.2) is 0 Å². The van der Waals surface area contributed by atoms with Crippen LogP contribution >= 0.6 is 24.8 Å². The fraction of sp³-hybridized carbons (Fsp3) is 0.478. The molecule has 3 heterocycles. The van der Waals surface area contributed by atoms with Crippen LogP contribution < -0.4 is 15.8 Å². The summed E-state index contributed by atoms with van der Waals surface area (Å²) in [5, 5.41) is 3.32. The van der Waals surface area contributed by atoms with E-state index in [1.165, 1.54) is 12.1 Å². The number of piperidine rings is 1. The van der Waals surface area contributed by atoms with Gasteiger partial charge in [0.2, 0.25) is 0 Å². The first kappa shape index (κ1) is 26.2. The van der Waals surface area contributed by atoms with Gasteiger partial charge in [-0.25, -0.2) is 4.39 Å². The molecule has 0 bridgehead atoms. The molecule has 1 aromatic carbocycles. The quantitative estimate of drug-likeness (QED) is 0.724. The fourth-order valence-electron chi connectivity index (χ4n) is 4.46. The molecule has 6 nitrogen and oxygen atoms in total. The second-order valence-electron chi connectivity index (χ2n) is 8.18. The molecule has 0 saturated carbocycles. The van der Waals surface area contributed by atoms with Crippen molar-refractivity contribution >= 4 is 36.4 Å². The van der Waals surface area contributed by atoms with Crippen LogP contribution in [0.1, 0.15) is 41.2 Å². The standard InChI is InChI=1S/C23H29FN4O2.2ClH/c1-17-9-14-28(20-7-10-25-11-8-20)23(30)21(17)22(29)27-13-2-12-26(15-16-27)19-5-3-18(24)4-6-19;;/h3-6,9,14,20,25H,2,7-8,10-13,15-16H2,1H3;2*1H. The molecule has 2 saturated heterocycles. The van der Waals surface area contributed by atoms with E-state index in [0.717, 1.165) is 50.1 Å². The number of aromatic nitrogens is 1. The number of carbonyl (C=O) groups excluding carboxylic acids is 1. The van der Waals surface area contributed by atoms with Gasteiger partial charge in [0.1, 0.15) is 11.4 Å². The van der Waals surface area contributed by atoms with E-state index >= 15 is 0 Å². The van der Waals surface area contributed by atoms with E-state index in [4.69, 9.17) is 0 Å². The van der Waals surface area contributed by atoms with Crippen molar-refractivity contribution in [2.45, 2.75) is 32.2 Å². The molecule has 0 aliphatic carbocycles. The van der Waals surface area contributed by atoms with Gasteiger partial charge in [0, 0.05) is 44.1 Å². The number of carbonyl (C=O) groups is 1. The lowest BCUT2D eigenvalue weighted by Crippen LogP contribution is -2.41. The summed E-state index contributed by atoms with van der Waals surface area (Å²) in [4.78, 5) is 30.5. The first-order chi connectivity index (χ1) is 14.5. The molecule has 0 radical (unpaired) electrons. The SMILES string of the molecule is Cc1ccn(C2CCNCC2)c(=O)c1C(=O)N1CCCN(c2ccc(F)cc2)CC1.Cl.Cl. The van der Waals surface area contributed by atoms with Crippen LogP contribution in [0.3, 0.4) is 0 Å². The molecule has 2 aliphatic rings. The van der Waals surface area contributed by atoms with Gasteiger partial charge in [-0.3, -0.25) is 9.59 Å². The third kappa shape index (κ3) is 5.63. The van der Waals surface area contributed by atoms with Gasteiger partial charge >= 0.3 is 0 Å². The summed E-state index contributed by atoms with van der Waals surface area (Å²) in [6.07, 6.45) is 4.43. The van der Waals surface area contributed by atoms with Crippen LogP contribution in [0, 0.1) is 12.7 Å². The second-order valence-corrected chi connectivity index (χ2v) is 8.18. The zero-order valence-electron chi connectivity index (χ0n) is 18.3. The predicted molar refractivity (Wildman–Crippen MR) is 130 cm³/mol. The molecule has 176 valence electrons. The highest BCUT2D eigenvalue weighted by atomic mass is 35.5. The molecule has 0 unspecified atom stereocenters. The molecule has 1 aromatic heterocycles. The molecule has 4 rings (SSSR count). The van der Waals surface area contributed by atoms with Gasteiger partial charge < -0.3 is 19.7 Å². The number of rotatable bonds is 3. The topological polar surface area (TPSA) is 57.6 Å². The third-order valence-electron chi connectivity index (χ3n) is 6.22. The van der Waals surface area contributed by atoms with E-state index in [0.29, 0.717) is 25.2 Å². The molecule has 2 aliphatic heterocycles. The minimum Gasteiger partial charge on any atom is -0.370 e. The number of hydrogen-bond donors (Lipinski definition) is 1. The molecule has 0 spiro atoms. The van der Waals surface area contributed by atoms with E-state index < -0.39 is 0 Å². The Bertz CT molecular complexity index is 961. The van der Waals surface area contributed by atoms with Crippen molar-refractivity contribution in [1.29, 1.82) is 0 Å². The summed E-state index contributed by atoms with van der Waals surface area (Å²) in [6, 6.07) is 8.49. The molecular weight excluding hydrogens is 454 g/mol. The molecule has 32 heavy (non-hydrogen) atoms. The molecular formula is C23H31Cl2FN4O2. The maximum Gasteiger partial charge on any atom is 0.263 e. The zero-order valence-corrected chi connectivity index (χ0v) is 19.9. The Labute approximate surface area is 200 Å². The van der Waals surface area contributed by atoms with Gasteiger partial charge in [-0.2, -0.15) is 0 Å². The van der Waals surface area contributed by atoms with Crippen molar-refractivity contribution < 1.29 is 9.18 Å². The Kier molecular flexibility index (Phi) is 9.55. The van der Waals surface area contributed by atoms with Crippen molar-refractivity contribution in [2.75, 3.05) is 44.2 Å². The van der Waals surface area contributed by atoms with Crippen molar-refractivity contribution in [2.24, 2.45) is 0 Å². The van der Waals surface area contributed by atoms with E-state index in [9.17, 15) is 14.0 Å². The van der Waals surface area contributed by atoms with Crippen LogP contribution in [0.15, 0.2) is 41.3 Å². The smallest absolute Gasteiger partial charge is 0.263 e. The number of anilines is 1. The number of pyridine rings is 1. The first-order valence-corrected chi connectivity index (χ1v) is 10.8. The maximum absolute atomic E-state index is 13.3. The average Bonchev–Trinajstić information content (AvgIpc) is 3.01. The Morgan fingerprint density at radius 3 is 2.38 bits per heavy atom. The molecule has 0 atom stereocenters. The summed E-state index contributed by atoms with van der Waals surface area (Å²) in [6.45, 7) is 6.21. The lowest BCUT2D eigenvalue weighted by Gasteiger charge is -2.27. The minimum absolute atomic E-state index is 0.